The number of fused-ring (bicyclic) bond motifs is 2. The van der Waals surface area contributed by atoms with E-state index in [1.807, 2.05) is 80.6 Å². The number of benzene rings is 3. The molecule has 0 aliphatic heterocycles. The van der Waals surface area contributed by atoms with Crippen molar-refractivity contribution in [3.05, 3.63) is 131 Å². The predicted octanol–water partition coefficient (Wildman–Crippen LogP) is 8.14. The molecule has 0 saturated carbocycles. The van der Waals surface area contributed by atoms with Crippen LogP contribution in [0.5, 0.6) is 0 Å². The first kappa shape index (κ1) is 31.5. The van der Waals surface area contributed by atoms with Gasteiger partial charge in [-0.3, -0.25) is 14.3 Å². The van der Waals surface area contributed by atoms with Crippen LogP contribution in [0.25, 0.3) is 44.2 Å². The largest absolute Gasteiger partial charge is 0.398 e. The quantitative estimate of drug-likeness (QED) is 0.178. The van der Waals surface area contributed by atoms with Gasteiger partial charge in [0.05, 0.1) is 47.4 Å². The molecular formula is C38H35FN8O2. The Morgan fingerprint density at radius 3 is 1.94 bits per heavy atom. The molecule has 0 fully saturated rings. The summed E-state index contributed by atoms with van der Waals surface area (Å²) in [4.78, 5) is 4.58. The number of nitrogens with zero attached hydrogens (tertiary/aromatic N) is 7. The summed E-state index contributed by atoms with van der Waals surface area (Å²) in [7, 11) is 0. The Hall–Kier alpha value is -6.10. The first-order chi connectivity index (χ1) is 23.7. The topological polar surface area (TPSA) is 127 Å². The number of pyridine rings is 1. The Kier molecular flexibility index (Phi) is 8.25. The summed E-state index contributed by atoms with van der Waals surface area (Å²) in [5.74, 6) is 1.31. The smallest absolute Gasteiger partial charge is 0.141 e. The van der Waals surface area contributed by atoms with Crippen LogP contribution in [-0.2, 0) is 13.1 Å². The Bertz CT molecular complexity index is 2380. The van der Waals surface area contributed by atoms with Gasteiger partial charge in [0, 0.05) is 34.0 Å². The second kappa shape index (κ2) is 12.8. The lowest BCUT2D eigenvalue weighted by atomic mass is 10.0. The number of nitrogens with two attached hydrogens (primary N) is 1. The minimum atomic E-state index is -0.243. The molecule has 246 valence electrons. The molecule has 49 heavy (non-hydrogen) atoms. The van der Waals surface area contributed by atoms with Crippen molar-refractivity contribution in [1.82, 2.24) is 34.9 Å². The van der Waals surface area contributed by atoms with Crippen molar-refractivity contribution < 1.29 is 13.4 Å². The molecule has 0 spiro atoms. The van der Waals surface area contributed by atoms with Crippen molar-refractivity contribution in [3.63, 3.8) is 0 Å². The normalized spacial score (nSPS) is 11.3. The Morgan fingerprint density at radius 2 is 1.29 bits per heavy atom. The summed E-state index contributed by atoms with van der Waals surface area (Å²) in [6.45, 7) is 10.8. The van der Waals surface area contributed by atoms with Crippen molar-refractivity contribution >= 4 is 27.6 Å². The molecule has 8 rings (SSSR count). The average molecular weight is 655 g/mol. The zero-order valence-corrected chi connectivity index (χ0v) is 27.9. The molecule has 2 N–H and O–H groups in total. The van der Waals surface area contributed by atoms with Crippen molar-refractivity contribution in [2.24, 2.45) is 0 Å². The fourth-order valence-electron chi connectivity index (χ4n) is 6.25. The van der Waals surface area contributed by atoms with Crippen LogP contribution in [0.2, 0.25) is 0 Å². The summed E-state index contributed by atoms with van der Waals surface area (Å²) >= 11 is 0. The Morgan fingerprint density at radius 1 is 0.673 bits per heavy atom. The third kappa shape index (κ3) is 6.18. The van der Waals surface area contributed by atoms with E-state index in [9.17, 15) is 4.39 Å². The van der Waals surface area contributed by atoms with Crippen LogP contribution in [0.4, 0.5) is 10.1 Å². The maximum atomic E-state index is 13.1. The second-order valence-corrected chi connectivity index (χ2v) is 12.1. The molecule has 0 saturated heterocycles. The van der Waals surface area contributed by atoms with Crippen LogP contribution in [0.3, 0.4) is 0 Å². The summed E-state index contributed by atoms with van der Waals surface area (Å²) in [6.07, 6.45) is 3.65. The van der Waals surface area contributed by atoms with Crippen molar-refractivity contribution in [3.8, 4) is 22.3 Å². The zero-order chi connectivity index (χ0) is 34.2. The van der Waals surface area contributed by atoms with Gasteiger partial charge in [-0.05, 0) is 81.6 Å². The highest BCUT2D eigenvalue weighted by Gasteiger charge is 2.17. The van der Waals surface area contributed by atoms with Crippen LogP contribution < -0.4 is 5.73 Å². The van der Waals surface area contributed by atoms with E-state index in [1.54, 1.807) is 12.1 Å². The fourth-order valence-corrected chi connectivity index (χ4v) is 6.25. The van der Waals surface area contributed by atoms with E-state index in [-0.39, 0.29) is 5.82 Å². The molecule has 8 aromatic rings. The van der Waals surface area contributed by atoms with Gasteiger partial charge in [-0.2, -0.15) is 10.2 Å². The van der Waals surface area contributed by atoms with Crippen LogP contribution in [0, 0.1) is 40.4 Å². The number of nitrogen functional groups attached to an aromatic ring is 1. The van der Waals surface area contributed by atoms with Crippen LogP contribution in [0.15, 0.2) is 94.2 Å². The third-order valence-electron chi connectivity index (χ3n) is 8.62. The van der Waals surface area contributed by atoms with Crippen LogP contribution in [0.1, 0.15) is 39.7 Å². The molecule has 0 aliphatic rings. The van der Waals surface area contributed by atoms with E-state index < -0.39 is 0 Å². The lowest BCUT2D eigenvalue weighted by molar-refractivity contribution is 0.393. The highest BCUT2D eigenvalue weighted by molar-refractivity contribution is 5.95. The van der Waals surface area contributed by atoms with Gasteiger partial charge in [0.2, 0.25) is 0 Å². The summed E-state index contributed by atoms with van der Waals surface area (Å²) < 4.78 is 27.6. The highest BCUT2D eigenvalue weighted by Crippen LogP contribution is 2.33. The molecule has 5 heterocycles. The van der Waals surface area contributed by atoms with Crippen LogP contribution in [-0.4, -0.2) is 34.9 Å². The lowest BCUT2D eigenvalue weighted by Crippen LogP contribution is -2.02. The van der Waals surface area contributed by atoms with Gasteiger partial charge in [-0.1, -0.05) is 52.8 Å². The first-order valence-electron chi connectivity index (χ1n) is 15.9. The van der Waals surface area contributed by atoms with E-state index in [2.05, 4.69) is 49.8 Å². The molecule has 0 radical (unpaired) electrons. The minimum Gasteiger partial charge on any atom is -0.398 e. The van der Waals surface area contributed by atoms with E-state index in [0.29, 0.717) is 18.8 Å². The van der Waals surface area contributed by atoms with Crippen molar-refractivity contribution in [2.75, 3.05) is 5.73 Å². The summed E-state index contributed by atoms with van der Waals surface area (Å²) in [6, 6.07) is 22.8. The number of hydrogen-bond acceptors (Lipinski definition) is 8. The molecule has 0 amide bonds. The summed E-state index contributed by atoms with van der Waals surface area (Å²) in [5.41, 5.74) is 18.4. The molecule has 11 heteroatoms. The first-order valence-corrected chi connectivity index (χ1v) is 15.9. The standard InChI is InChI=1S/C19H17FN4O.C19H18N4O/c1-11-18(13(3)25-23-11)15-8-17-19(21-9-15)12(2)22-24(17)10-14-4-6-16(20)7-5-14;1-12-19(13(2)24-22-12)15-8-17(20)16-10-21-23(18(16)9-15)11-14-6-4-3-5-7-14/h4-9H,10H2,1-3H3;3-10H,11,20H2,1-2H3. The summed E-state index contributed by atoms with van der Waals surface area (Å²) in [5, 5.41) is 18.1. The molecule has 10 nitrogen and oxygen atoms in total. The van der Waals surface area contributed by atoms with E-state index >= 15 is 0 Å². The maximum absolute atomic E-state index is 13.1. The minimum absolute atomic E-state index is 0.243. The molecule has 0 bridgehead atoms. The number of aryl methyl sites for hydroxylation is 5. The number of aromatic nitrogens is 7. The van der Waals surface area contributed by atoms with Crippen molar-refractivity contribution in [1.29, 1.82) is 0 Å². The molecular weight excluding hydrogens is 619 g/mol. The highest BCUT2D eigenvalue weighted by atomic mass is 19.1. The van der Waals surface area contributed by atoms with Gasteiger partial charge in [0.15, 0.2) is 0 Å². The predicted molar refractivity (Wildman–Crippen MR) is 187 cm³/mol. The van der Waals surface area contributed by atoms with E-state index in [4.69, 9.17) is 14.8 Å². The Labute approximate surface area is 282 Å². The number of rotatable bonds is 6. The zero-order valence-electron chi connectivity index (χ0n) is 27.9. The number of hydrogen-bond donors (Lipinski definition) is 1. The van der Waals surface area contributed by atoms with Gasteiger partial charge in [-0.15, -0.1) is 0 Å². The average Bonchev–Trinajstić information content (AvgIpc) is 3.84. The molecule has 5 aromatic heterocycles. The molecule has 0 unspecified atom stereocenters. The van der Waals surface area contributed by atoms with E-state index in [1.165, 1.54) is 17.7 Å². The lowest BCUT2D eigenvalue weighted by Gasteiger charge is -2.07. The number of anilines is 1. The monoisotopic (exact) mass is 654 g/mol. The van der Waals surface area contributed by atoms with Crippen LogP contribution >= 0.6 is 0 Å². The molecule has 0 aliphatic carbocycles. The SMILES string of the molecule is Cc1noc(C)c1-c1cc(N)c2cnn(Cc3ccccc3)c2c1.Cc1noc(C)c1-c1cnc2c(C)nn(Cc3ccc(F)cc3)c2c1. The van der Waals surface area contributed by atoms with Gasteiger partial charge >= 0.3 is 0 Å². The molecule has 3 aromatic carbocycles. The third-order valence-corrected chi connectivity index (χ3v) is 8.62. The van der Waals surface area contributed by atoms with E-state index in [0.717, 1.165) is 78.4 Å². The second-order valence-electron chi connectivity index (χ2n) is 12.1. The van der Waals surface area contributed by atoms with Gasteiger partial charge in [0.25, 0.3) is 0 Å². The fraction of sp³-hybridized carbons (Fsp3) is 0.184. The Balaban J connectivity index is 0.000000154. The molecule has 0 atom stereocenters. The number of halogens is 1. The van der Waals surface area contributed by atoms with Crippen molar-refractivity contribution in [2.45, 2.75) is 47.7 Å². The van der Waals surface area contributed by atoms with Gasteiger partial charge in [0.1, 0.15) is 22.9 Å². The maximum Gasteiger partial charge on any atom is 0.141 e. The van der Waals surface area contributed by atoms with Gasteiger partial charge in [-0.25, -0.2) is 4.39 Å². The van der Waals surface area contributed by atoms with Gasteiger partial charge < -0.3 is 14.8 Å².